The zero-order valence-corrected chi connectivity index (χ0v) is 12.8. The van der Waals surface area contributed by atoms with Crippen LogP contribution < -0.4 is 0 Å². The Balaban J connectivity index is 2.17. The SMILES string of the molecule is CC(C)C(=O)C(Br)Cc1cccc2c1CCCC2. The lowest BCUT2D eigenvalue weighted by atomic mass is 9.86. The highest BCUT2D eigenvalue weighted by Gasteiger charge is 2.21. The molecule has 18 heavy (non-hydrogen) atoms. The van der Waals surface area contributed by atoms with Gasteiger partial charge in [0.1, 0.15) is 5.78 Å². The molecule has 1 aromatic carbocycles. The van der Waals surface area contributed by atoms with Crippen LogP contribution in [-0.2, 0) is 24.1 Å². The minimum atomic E-state index is -0.0362. The number of hydrogen-bond donors (Lipinski definition) is 0. The lowest BCUT2D eigenvalue weighted by Crippen LogP contribution is -2.22. The molecule has 1 aromatic rings. The first-order valence-electron chi connectivity index (χ1n) is 6.87. The lowest BCUT2D eigenvalue weighted by Gasteiger charge is -2.21. The van der Waals surface area contributed by atoms with Crippen molar-refractivity contribution < 1.29 is 4.79 Å². The number of benzene rings is 1. The maximum atomic E-state index is 12.0. The second-order valence-electron chi connectivity index (χ2n) is 5.49. The molecule has 0 aliphatic heterocycles. The molecule has 1 unspecified atom stereocenters. The molecule has 0 bridgehead atoms. The summed E-state index contributed by atoms with van der Waals surface area (Å²) in [6.45, 7) is 3.94. The third-order valence-corrected chi connectivity index (χ3v) is 4.54. The van der Waals surface area contributed by atoms with E-state index in [1.807, 2.05) is 13.8 Å². The van der Waals surface area contributed by atoms with Gasteiger partial charge in [-0.15, -0.1) is 0 Å². The molecule has 0 amide bonds. The third kappa shape index (κ3) is 3.03. The Bertz CT molecular complexity index is 437. The van der Waals surface area contributed by atoms with Gasteiger partial charge in [-0.25, -0.2) is 0 Å². The summed E-state index contributed by atoms with van der Waals surface area (Å²) in [5.74, 6) is 0.414. The Morgan fingerprint density at radius 1 is 1.28 bits per heavy atom. The summed E-state index contributed by atoms with van der Waals surface area (Å²) in [5, 5.41) is 0. The van der Waals surface area contributed by atoms with Gasteiger partial charge >= 0.3 is 0 Å². The van der Waals surface area contributed by atoms with Crippen molar-refractivity contribution in [1.82, 2.24) is 0 Å². The summed E-state index contributed by atoms with van der Waals surface area (Å²) in [5.41, 5.74) is 4.36. The monoisotopic (exact) mass is 308 g/mol. The topological polar surface area (TPSA) is 17.1 Å². The molecular formula is C16H21BrO. The normalized spacial score (nSPS) is 16.4. The largest absolute Gasteiger partial charge is 0.298 e. The number of fused-ring (bicyclic) bond motifs is 1. The Morgan fingerprint density at radius 3 is 2.72 bits per heavy atom. The molecule has 2 heteroatoms. The Labute approximate surface area is 118 Å². The Morgan fingerprint density at radius 2 is 2.00 bits per heavy atom. The average molecular weight is 309 g/mol. The van der Waals surface area contributed by atoms with Crippen molar-refractivity contribution in [3.05, 3.63) is 34.9 Å². The van der Waals surface area contributed by atoms with Gasteiger partial charge in [0, 0.05) is 5.92 Å². The van der Waals surface area contributed by atoms with Gasteiger partial charge in [0.15, 0.2) is 0 Å². The number of rotatable bonds is 4. The minimum Gasteiger partial charge on any atom is -0.298 e. The molecule has 1 atom stereocenters. The number of ketones is 1. The molecule has 98 valence electrons. The molecule has 0 aromatic heterocycles. The van der Waals surface area contributed by atoms with Crippen molar-refractivity contribution in [2.75, 3.05) is 0 Å². The van der Waals surface area contributed by atoms with Crippen LogP contribution in [0.1, 0.15) is 43.4 Å². The molecule has 0 saturated heterocycles. The highest BCUT2D eigenvalue weighted by atomic mass is 79.9. The highest BCUT2D eigenvalue weighted by molar-refractivity contribution is 9.10. The molecule has 0 radical (unpaired) electrons. The fourth-order valence-corrected chi connectivity index (χ4v) is 3.58. The summed E-state index contributed by atoms with van der Waals surface area (Å²) >= 11 is 3.56. The predicted octanol–water partition coefficient (Wildman–Crippen LogP) is 4.10. The van der Waals surface area contributed by atoms with Gasteiger partial charge in [-0.05, 0) is 48.8 Å². The maximum absolute atomic E-state index is 12.0. The third-order valence-electron chi connectivity index (χ3n) is 3.77. The van der Waals surface area contributed by atoms with E-state index >= 15 is 0 Å². The molecule has 0 saturated carbocycles. The smallest absolute Gasteiger partial charge is 0.149 e. The second kappa shape index (κ2) is 6.01. The molecule has 1 aliphatic carbocycles. The van der Waals surface area contributed by atoms with Crippen molar-refractivity contribution in [1.29, 1.82) is 0 Å². The van der Waals surface area contributed by atoms with Crippen LogP contribution in [0.25, 0.3) is 0 Å². The lowest BCUT2D eigenvalue weighted by molar-refractivity contribution is -0.121. The van der Waals surface area contributed by atoms with E-state index in [0.29, 0.717) is 5.78 Å². The zero-order chi connectivity index (χ0) is 13.1. The molecule has 1 aliphatic rings. The van der Waals surface area contributed by atoms with Crippen LogP contribution in [0.2, 0.25) is 0 Å². The predicted molar refractivity (Wildman–Crippen MR) is 79.3 cm³/mol. The fourth-order valence-electron chi connectivity index (χ4n) is 2.71. The van der Waals surface area contributed by atoms with E-state index in [2.05, 4.69) is 34.1 Å². The number of halogens is 1. The summed E-state index contributed by atoms with van der Waals surface area (Å²) in [7, 11) is 0. The number of carbonyl (C=O) groups excluding carboxylic acids is 1. The molecule has 0 fully saturated rings. The van der Waals surface area contributed by atoms with E-state index in [-0.39, 0.29) is 10.7 Å². The van der Waals surface area contributed by atoms with Crippen molar-refractivity contribution in [2.24, 2.45) is 5.92 Å². The summed E-state index contributed by atoms with van der Waals surface area (Å²) in [6, 6.07) is 6.57. The van der Waals surface area contributed by atoms with Gasteiger partial charge in [-0.3, -0.25) is 4.79 Å². The maximum Gasteiger partial charge on any atom is 0.149 e. The highest BCUT2D eigenvalue weighted by Crippen LogP contribution is 2.26. The molecule has 0 spiro atoms. The van der Waals surface area contributed by atoms with Crippen molar-refractivity contribution in [3.63, 3.8) is 0 Å². The second-order valence-corrected chi connectivity index (χ2v) is 6.60. The van der Waals surface area contributed by atoms with Crippen LogP contribution in [0.4, 0.5) is 0 Å². The molecular weight excluding hydrogens is 288 g/mol. The summed E-state index contributed by atoms with van der Waals surface area (Å²) < 4.78 is 0. The minimum absolute atomic E-state index is 0.0362. The van der Waals surface area contributed by atoms with E-state index in [1.54, 1.807) is 0 Å². The van der Waals surface area contributed by atoms with Gasteiger partial charge in [-0.1, -0.05) is 48.0 Å². The van der Waals surface area contributed by atoms with Crippen LogP contribution in [0.15, 0.2) is 18.2 Å². The molecule has 0 N–H and O–H groups in total. The number of carbonyl (C=O) groups is 1. The van der Waals surface area contributed by atoms with E-state index in [0.717, 1.165) is 6.42 Å². The molecule has 2 rings (SSSR count). The number of Topliss-reactive ketones (excluding diaryl/α,β-unsaturated/α-hetero) is 1. The first-order chi connectivity index (χ1) is 8.59. The van der Waals surface area contributed by atoms with Crippen LogP contribution in [0.3, 0.4) is 0 Å². The molecule has 1 nitrogen and oxygen atoms in total. The first kappa shape index (κ1) is 13.8. The first-order valence-corrected chi connectivity index (χ1v) is 7.78. The van der Waals surface area contributed by atoms with Gasteiger partial charge in [0.2, 0.25) is 0 Å². The van der Waals surface area contributed by atoms with Crippen LogP contribution >= 0.6 is 15.9 Å². The van der Waals surface area contributed by atoms with Crippen LogP contribution in [0, 0.1) is 5.92 Å². The van der Waals surface area contributed by atoms with E-state index in [1.165, 1.54) is 42.4 Å². The summed E-state index contributed by atoms with van der Waals surface area (Å²) in [6.07, 6.45) is 5.81. The Hall–Kier alpha value is -0.630. The quantitative estimate of drug-likeness (QED) is 0.765. The van der Waals surface area contributed by atoms with Gasteiger partial charge in [0.05, 0.1) is 4.83 Å². The number of alkyl halides is 1. The van der Waals surface area contributed by atoms with Crippen molar-refractivity contribution in [2.45, 2.75) is 50.8 Å². The van der Waals surface area contributed by atoms with E-state index < -0.39 is 0 Å². The number of aryl methyl sites for hydroxylation is 1. The van der Waals surface area contributed by atoms with Crippen molar-refractivity contribution in [3.8, 4) is 0 Å². The van der Waals surface area contributed by atoms with E-state index in [9.17, 15) is 4.79 Å². The van der Waals surface area contributed by atoms with Gasteiger partial charge < -0.3 is 0 Å². The standard InChI is InChI=1S/C16H21BrO/c1-11(2)16(18)15(17)10-13-8-5-7-12-6-3-4-9-14(12)13/h5,7-8,11,15H,3-4,6,9-10H2,1-2H3. The average Bonchev–Trinajstić information content (AvgIpc) is 2.38. The number of hydrogen-bond acceptors (Lipinski definition) is 1. The zero-order valence-electron chi connectivity index (χ0n) is 11.2. The van der Waals surface area contributed by atoms with Gasteiger partial charge in [0.25, 0.3) is 0 Å². The summed E-state index contributed by atoms with van der Waals surface area (Å²) in [4.78, 5) is 11.9. The fraction of sp³-hybridized carbons (Fsp3) is 0.562. The Kier molecular flexibility index (Phi) is 4.60. The van der Waals surface area contributed by atoms with Crippen LogP contribution in [-0.4, -0.2) is 10.6 Å². The van der Waals surface area contributed by atoms with Crippen molar-refractivity contribution >= 4 is 21.7 Å². The van der Waals surface area contributed by atoms with Gasteiger partial charge in [-0.2, -0.15) is 0 Å². The van der Waals surface area contributed by atoms with Crippen LogP contribution in [0.5, 0.6) is 0 Å². The van der Waals surface area contributed by atoms with E-state index in [4.69, 9.17) is 0 Å². The molecule has 0 heterocycles.